The lowest BCUT2D eigenvalue weighted by atomic mass is 10.0. The average Bonchev–Trinajstić information content (AvgIpc) is 2.72. The van der Waals surface area contributed by atoms with Crippen LogP contribution in [0, 0.1) is 0 Å². The number of ether oxygens (including phenoxy) is 3. The normalized spacial score (nSPS) is 10.5. The van der Waals surface area contributed by atoms with Gasteiger partial charge in [0.25, 0.3) is 0 Å². The summed E-state index contributed by atoms with van der Waals surface area (Å²) in [6, 6.07) is 14.5. The molecule has 0 unspecified atom stereocenters. The summed E-state index contributed by atoms with van der Waals surface area (Å²) in [7, 11) is 4.44. The minimum Gasteiger partial charge on any atom is -0.493 e. The van der Waals surface area contributed by atoms with Crippen molar-refractivity contribution in [2.24, 2.45) is 0 Å². The topological polar surface area (TPSA) is 74.7 Å². The van der Waals surface area contributed by atoms with Crippen LogP contribution in [-0.4, -0.2) is 37.9 Å². The largest absolute Gasteiger partial charge is 0.493 e. The Balaban J connectivity index is 1.75. The predicted molar refractivity (Wildman–Crippen MR) is 105 cm³/mol. The van der Waals surface area contributed by atoms with Crippen molar-refractivity contribution in [3.05, 3.63) is 59.8 Å². The molecular weight excluding hydrogens is 358 g/mol. The number of nitrogens with zero attached hydrogens (tertiary/aromatic N) is 1. The third-order valence-electron chi connectivity index (χ3n) is 4.38. The zero-order valence-corrected chi connectivity index (χ0v) is 16.0. The van der Waals surface area contributed by atoms with Crippen LogP contribution in [-0.2, 0) is 11.2 Å². The number of carbonyl (C=O) groups excluding carboxylic acids is 2. The standard InChI is InChI=1S/C22H21NO5/c1-26-20-10-15(11-21(27-2)22(20)28-3)19(25)13-17(24)12-16-9-8-14-6-4-5-7-18(14)23-16/h4-11H,12-13H2,1-3H3. The highest BCUT2D eigenvalue weighted by molar-refractivity contribution is 6.09. The van der Waals surface area contributed by atoms with E-state index in [-0.39, 0.29) is 24.4 Å². The third-order valence-corrected chi connectivity index (χ3v) is 4.38. The molecule has 28 heavy (non-hydrogen) atoms. The second-order valence-corrected chi connectivity index (χ2v) is 6.22. The Morgan fingerprint density at radius 3 is 2.21 bits per heavy atom. The zero-order chi connectivity index (χ0) is 20.1. The van der Waals surface area contributed by atoms with Crippen LogP contribution in [0.5, 0.6) is 17.2 Å². The molecule has 0 amide bonds. The number of methoxy groups -OCH3 is 3. The first-order valence-electron chi connectivity index (χ1n) is 8.75. The van der Waals surface area contributed by atoms with E-state index < -0.39 is 0 Å². The highest BCUT2D eigenvalue weighted by Crippen LogP contribution is 2.38. The first-order chi connectivity index (χ1) is 13.5. The van der Waals surface area contributed by atoms with Gasteiger partial charge in [-0.3, -0.25) is 14.6 Å². The van der Waals surface area contributed by atoms with E-state index in [9.17, 15) is 9.59 Å². The summed E-state index contributed by atoms with van der Waals surface area (Å²) >= 11 is 0. The number of Topliss-reactive ketones (excluding diaryl/α,β-unsaturated/α-hetero) is 2. The smallest absolute Gasteiger partial charge is 0.203 e. The van der Waals surface area contributed by atoms with Gasteiger partial charge in [-0.1, -0.05) is 24.3 Å². The third kappa shape index (κ3) is 4.11. The summed E-state index contributed by atoms with van der Waals surface area (Å²) in [5.41, 5.74) is 1.79. The van der Waals surface area contributed by atoms with E-state index in [0.29, 0.717) is 28.5 Å². The van der Waals surface area contributed by atoms with Gasteiger partial charge in [0.05, 0.1) is 33.3 Å². The van der Waals surface area contributed by atoms with Gasteiger partial charge in [0, 0.05) is 23.1 Å². The van der Waals surface area contributed by atoms with Crippen LogP contribution >= 0.6 is 0 Å². The van der Waals surface area contributed by atoms with Crippen LogP contribution in [0.15, 0.2) is 48.5 Å². The van der Waals surface area contributed by atoms with E-state index in [1.807, 2.05) is 36.4 Å². The first kappa shape index (κ1) is 19.4. The van der Waals surface area contributed by atoms with Gasteiger partial charge in [-0.15, -0.1) is 0 Å². The van der Waals surface area contributed by atoms with E-state index in [4.69, 9.17) is 14.2 Å². The maximum absolute atomic E-state index is 12.6. The Labute approximate surface area is 163 Å². The van der Waals surface area contributed by atoms with Gasteiger partial charge in [-0.25, -0.2) is 0 Å². The van der Waals surface area contributed by atoms with Crippen molar-refractivity contribution < 1.29 is 23.8 Å². The molecule has 1 aromatic heterocycles. The maximum Gasteiger partial charge on any atom is 0.203 e. The fraction of sp³-hybridized carbons (Fsp3) is 0.227. The van der Waals surface area contributed by atoms with E-state index >= 15 is 0 Å². The van der Waals surface area contributed by atoms with Crippen molar-refractivity contribution in [2.75, 3.05) is 21.3 Å². The Bertz CT molecular complexity index is 1000. The molecule has 0 saturated carbocycles. The number of hydrogen-bond donors (Lipinski definition) is 0. The highest BCUT2D eigenvalue weighted by atomic mass is 16.5. The summed E-state index contributed by atoms with van der Waals surface area (Å²) in [5, 5.41) is 1.01. The van der Waals surface area contributed by atoms with Crippen LogP contribution in [0.1, 0.15) is 22.5 Å². The van der Waals surface area contributed by atoms with Crippen molar-refractivity contribution in [2.45, 2.75) is 12.8 Å². The number of aromatic nitrogens is 1. The summed E-state index contributed by atoms with van der Waals surface area (Å²) < 4.78 is 15.8. The molecule has 0 aliphatic rings. The number of pyridine rings is 1. The molecule has 0 radical (unpaired) electrons. The molecule has 3 aromatic rings. The van der Waals surface area contributed by atoms with E-state index in [2.05, 4.69) is 4.98 Å². The Morgan fingerprint density at radius 2 is 1.57 bits per heavy atom. The molecule has 6 nitrogen and oxygen atoms in total. The summed E-state index contributed by atoms with van der Waals surface area (Å²) in [5.74, 6) is 0.613. The maximum atomic E-state index is 12.6. The minimum absolute atomic E-state index is 0.0982. The molecular formula is C22H21NO5. The Morgan fingerprint density at radius 1 is 0.893 bits per heavy atom. The number of fused-ring (bicyclic) bond motifs is 1. The fourth-order valence-electron chi connectivity index (χ4n) is 2.99. The van der Waals surface area contributed by atoms with Crippen molar-refractivity contribution in [1.29, 1.82) is 0 Å². The molecule has 2 aromatic carbocycles. The average molecular weight is 379 g/mol. The number of para-hydroxylation sites is 1. The van der Waals surface area contributed by atoms with Crippen molar-refractivity contribution >= 4 is 22.5 Å². The van der Waals surface area contributed by atoms with Crippen LogP contribution in [0.3, 0.4) is 0 Å². The lowest BCUT2D eigenvalue weighted by Crippen LogP contribution is -2.12. The van der Waals surface area contributed by atoms with Gasteiger partial charge in [-0.2, -0.15) is 0 Å². The molecule has 0 atom stereocenters. The zero-order valence-electron chi connectivity index (χ0n) is 16.0. The number of ketones is 2. The summed E-state index contributed by atoms with van der Waals surface area (Å²) in [6.07, 6.45) is -0.131. The fourth-order valence-corrected chi connectivity index (χ4v) is 2.99. The van der Waals surface area contributed by atoms with Crippen LogP contribution < -0.4 is 14.2 Å². The second-order valence-electron chi connectivity index (χ2n) is 6.22. The quantitative estimate of drug-likeness (QED) is 0.439. The Hall–Kier alpha value is -3.41. The van der Waals surface area contributed by atoms with Crippen LogP contribution in [0.4, 0.5) is 0 Å². The van der Waals surface area contributed by atoms with Gasteiger partial charge in [0.15, 0.2) is 17.3 Å². The molecule has 0 saturated heterocycles. The molecule has 0 bridgehead atoms. The van der Waals surface area contributed by atoms with E-state index in [1.165, 1.54) is 21.3 Å². The minimum atomic E-state index is -0.315. The SMILES string of the molecule is COc1cc(C(=O)CC(=O)Cc2ccc3ccccc3n2)cc(OC)c1OC. The summed E-state index contributed by atoms with van der Waals surface area (Å²) in [6.45, 7) is 0. The monoisotopic (exact) mass is 379 g/mol. The molecule has 3 rings (SSSR count). The number of benzene rings is 2. The molecule has 6 heteroatoms. The number of hydrogen-bond acceptors (Lipinski definition) is 6. The predicted octanol–water partition coefficient (Wildman–Crippen LogP) is 3.65. The molecule has 144 valence electrons. The van der Waals surface area contributed by atoms with Crippen molar-refractivity contribution in [3.8, 4) is 17.2 Å². The van der Waals surface area contributed by atoms with E-state index in [1.54, 1.807) is 12.1 Å². The second kappa shape index (κ2) is 8.52. The molecule has 0 fully saturated rings. The number of carbonyl (C=O) groups is 2. The van der Waals surface area contributed by atoms with Gasteiger partial charge >= 0.3 is 0 Å². The van der Waals surface area contributed by atoms with Crippen LogP contribution in [0.25, 0.3) is 10.9 Å². The molecule has 0 spiro atoms. The molecule has 0 aliphatic carbocycles. The molecule has 0 aliphatic heterocycles. The van der Waals surface area contributed by atoms with E-state index in [0.717, 1.165) is 10.9 Å². The Kier molecular flexibility index (Phi) is 5.89. The van der Waals surface area contributed by atoms with Gasteiger partial charge in [0.1, 0.15) is 5.78 Å². The first-order valence-corrected chi connectivity index (χ1v) is 8.75. The van der Waals surface area contributed by atoms with Crippen molar-refractivity contribution in [1.82, 2.24) is 4.98 Å². The van der Waals surface area contributed by atoms with Crippen molar-refractivity contribution in [3.63, 3.8) is 0 Å². The van der Waals surface area contributed by atoms with Gasteiger partial charge in [0.2, 0.25) is 5.75 Å². The molecule has 1 heterocycles. The number of rotatable bonds is 8. The lowest BCUT2D eigenvalue weighted by Gasteiger charge is -2.13. The van der Waals surface area contributed by atoms with Gasteiger partial charge in [-0.05, 0) is 24.3 Å². The summed E-state index contributed by atoms with van der Waals surface area (Å²) in [4.78, 5) is 29.5. The molecule has 0 N–H and O–H groups in total. The lowest BCUT2D eigenvalue weighted by molar-refractivity contribution is -0.117. The highest BCUT2D eigenvalue weighted by Gasteiger charge is 2.19. The van der Waals surface area contributed by atoms with Gasteiger partial charge < -0.3 is 14.2 Å². The van der Waals surface area contributed by atoms with Crippen LogP contribution in [0.2, 0.25) is 0 Å².